The number of hydrogen-bond acceptors (Lipinski definition) is 4. The molecule has 0 aliphatic carbocycles. The summed E-state index contributed by atoms with van der Waals surface area (Å²) in [7, 11) is 0. The van der Waals surface area contributed by atoms with E-state index in [0.29, 0.717) is 0 Å². The Labute approximate surface area is 213 Å². The van der Waals surface area contributed by atoms with E-state index in [-0.39, 0.29) is 11.3 Å². The summed E-state index contributed by atoms with van der Waals surface area (Å²) < 4.78 is 0. The Hall–Kier alpha value is -4.61. The monoisotopic (exact) mass is 489 g/mol. The van der Waals surface area contributed by atoms with Crippen molar-refractivity contribution in [1.82, 2.24) is 0 Å². The van der Waals surface area contributed by atoms with Crippen molar-refractivity contribution in [1.29, 1.82) is 0 Å². The fourth-order valence-electron chi connectivity index (χ4n) is 3.99. The Kier molecular flexibility index (Phi) is 6.65. The molecule has 5 heteroatoms. The summed E-state index contributed by atoms with van der Waals surface area (Å²) in [5, 5.41) is 19.0. The van der Waals surface area contributed by atoms with E-state index in [9.17, 15) is 9.90 Å². The zero-order chi connectivity index (χ0) is 24.9. The van der Waals surface area contributed by atoms with E-state index in [1.807, 2.05) is 48.6 Å². The third kappa shape index (κ3) is 5.06. The molecule has 1 aromatic heterocycles. The Balaban J connectivity index is 1.37. The van der Waals surface area contributed by atoms with E-state index < -0.39 is 5.97 Å². The van der Waals surface area contributed by atoms with Crippen molar-refractivity contribution in [3.8, 4) is 16.2 Å². The molecule has 36 heavy (non-hydrogen) atoms. The average molecular weight is 490 g/mol. The molecule has 0 saturated carbocycles. The first-order valence-electron chi connectivity index (χ1n) is 11.4. The van der Waals surface area contributed by atoms with Gasteiger partial charge >= 0.3 is 5.97 Å². The lowest BCUT2D eigenvalue weighted by molar-refractivity contribution is 0.0693. The first-order valence-corrected chi connectivity index (χ1v) is 12.2. The van der Waals surface area contributed by atoms with E-state index >= 15 is 0 Å². The molecular formula is C31H23NO3S. The second-order valence-corrected chi connectivity index (χ2v) is 9.29. The van der Waals surface area contributed by atoms with E-state index in [0.717, 1.165) is 37.9 Å². The molecule has 0 bridgehead atoms. The van der Waals surface area contributed by atoms with E-state index in [4.69, 9.17) is 5.11 Å². The van der Waals surface area contributed by atoms with Gasteiger partial charge in [0.15, 0.2) is 0 Å². The lowest BCUT2D eigenvalue weighted by atomic mass is 10.1. The number of carboxylic acids is 1. The van der Waals surface area contributed by atoms with Gasteiger partial charge in [-0.3, -0.25) is 0 Å². The van der Waals surface area contributed by atoms with Gasteiger partial charge in [0.25, 0.3) is 0 Å². The summed E-state index contributed by atoms with van der Waals surface area (Å²) in [5.74, 6) is -1.38. The highest BCUT2D eigenvalue weighted by Crippen LogP contribution is 2.36. The van der Waals surface area contributed by atoms with Gasteiger partial charge in [0.1, 0.15) is 11.3 Å². The maximum absolute atomic E-state index is 11.1. The van der Waals surface area contributed by atoms with Crippen molar-refractivity contribution in [3.63, 3.8) is 0 Å². The number of phenols is 1. The summed E-state index contributed by atoms with van der Waals surface area (Å²) in [6, 6.07) is 37.9. The molecule has 5 aromatic rings. The Morgan fingerprint density at radius 1 is 0.694 bits per heavy atom. The lowest BCUT2D eigenvalue weighted by Crippen LogP contribution is -2.09. The molecule has 0 unspecified atom stereocenters. The maximum atomic E-state index is 11.1. The molecule has 2 N–H and O–H groups in total. The van der Waals surface area contributed by atoms with Crippen LogP contribution >= 0.6 is 11.3 Å². The van der Waals surface area contributed by atoms with Crippen molar-refractivity contribution in [2.24, 2.45) is 0 Å². The largest absolute Gasteiger partial charge is 0.507 e. The van der Waals surface area contributed by atoms with Crippen molar-refractivity contribution < 1.29 is 15.0 Å². The highest BCUT2D eigenvalue weighted by molar-refractivity contribution is 7.16. The highest BCUT2D eigenvalue weighted by Gasteiger charge is 2.12. The molecule has 176 valence electrons. The number of hydrogen-bond donors (Lipinski definition) is 2. The van der Waals surface area contributed by atoms with Crippen LogP contribution in [0, 0.1) is 0 Å². The van der Waals surface area contributed by atoms with Gasteiger partial charge in [-0.15, -0.1) is 11.3 Å². The van der Waals surface area contributed by atoms with Gasteiger partial charge in [-0.2, -0.15) is 0 Å². The summed E-state index contributed by atoms with van der Waals surface area (Å²) >= 11 is 1.67. The van der Waals surface area contributed by atoms with Crippen LogP contribution in [0.2, 0.25) is 0 Å². The number of rotatable bonds is 7. The van der Waals surface area contributed by atoms with E-state index in [2.05, 4.69) is 65.6 Å². The molecule has 0 aliphatic heterocycles. The predicted octanol–water partition coefficient (Wildman–Crippen LogP) is 8.46. The zero-order valence-electron chi connectivity index (χ0n) is 19.3. The second kappa shape index (κ2) is 10.3. The third-order valence-electron chi connectivity index (χ3n) is 5.76. The van der Waals surface area contributed by atoms with Crippen molar-refractivity contribution in [2.45, 2.75) is 0 Å². The Morgan fingerprint density at radius 3 is 1.89 bits per heavy atom. The molecule has 0 amide bonds. The minimum absolute atomic E-state index is 0.105. The predicted molar refractivity (Wildman–Crippen MR) is 148 cm³/mol. The smallest absolute Gasteiger partial charge is 0.339 e. The molecule has 0 fully saturated rings. The summed E-state index contributed by atoms with van der Waals surface area (Å²) in [5.41, 5.74) is 5.04. The SMILES string of the molecule is O=C(O)c1ccc(/C=C/c2ccc(-c3ccc(N(c4ccccc4)c4ccccc4)cc3)s2)cc1O. The summed E-state index contributed by atoms with van der Waals surface area (Å²) in [4.78, 5) is 15.5. The minimum atomic E-state index is -1.15. The highest BCUT2D eigenvalue weighted by atomic mass is 32.1. The number of anilines is 3. The standard InChI is InChI=1S/C31H23NO3S/c33-29-21-22(12-19-28(29)31(34)35)11-17-27-18-20-30(36-27)23-13-15-26(16-14-23)32(24-7-3-1-4-8-24)25-9-5-2-6-10-25/h1-21,33H,(H,34,35)/b17-11+. The molecular weight excluding hydrogens is 466 g/mol. The van der Waals surface area contributed by atoms with Gasteiger partial charge < -0.3 is 15.1 Å². The number of nitrogens with zero attached hydrogens (tertiary/aromatic N) is 1. The number of para-hydroxylation sites is 2. The Bertz CT molecular complexity index is 1470. The van der Waals surface area contributed by atoms with Crippen LogP contribution in [0.1, 0.15) is 20.8 Å². The third-order valence-corrected chi connectivity index (χ3v) is 6.86. The number of carboxylic acid groups (broad SMARTS) is 1. The van der Waals surface area contributed by atoms with Crippen molar-refractivity contribution >= 4 is 46.5 Å². The average Bonchev–Trinajstić information content (AvgIpc) is 3.38. The van der Waals surface area contributed by atoms with Crippen LogP contribution < -0.4 is 4.90 Å². The van der Waals surface area contributed by atoms with Crippen LogP contribution in [-0.2, 0) is 0 Å². The second-order valence-electron chi connectivity index (χ2n) is 8.17. The molecule has 4 aromatic carbocycles. The van der Waals surface area contributed by atoms with Crippen molar-refractivity contribution in [2.75, 3.05) is 4.90 Å². The van der Waals surface area contributed by atoms with Crippen LogP contribution in [0.5, 0.6) is 5.75 Å². The van der Waals surface area contributed by atoms with Gasteiger partial charge in [0.05, 0.1) is 0 Å². The van der Waals surface area contributed by atoms with Crippen molar-refractivity contribution in [3.05, 3.63) is 131 Å². The van der Waals surface area contributed by atoms with Crippen LogP contribution in [0.25, 0.3) is 22.6 Å². The summed E-state index contributed by atoms with van der Waals surface area (Å²) in [6.07, 6.45) is 3.83. The quantitative estimate of drug-likeness (QED) is 0.241. The van der Waals surface area contributed by atoms with Gasteiger partial charge in [-0.25, -0.2) is 4.79 Å². The molecule has 5 rings (SSSR count). The fraction of sp³-hybridized carbons (Fsp3) is 0. The molecule has 0 radical (unpaired) electrons. The van der Waals surface area contributed by atoms with Crippen LogP contribution in [0.3, 0.4) is 0 Å². The molecule has 1 heterocycles. The van der Waals surface area contributed by atoms with E-state index in [1.165, 1.54) is 12.1 Å². The minimum Gasteiger partial charge on any atom is -0.507 e. The number of thiophene rings is 1. The lowest BCUT2D eigenvalue weighted by Gasteiger charge is -2.25. The number of aromatic hydroxyl groups is 1. The van der Waals surface area contributed by atoms with E-state index in [1.54, 1.807) is 17.4 Å². The van der Waals surface area contributed by atoms with Crippen LogP contribution in [0.15, 0.2) is 115 Å². The number of carbonyl (C=O) groups is 1. The first kappa shape index (κ1) is 23.1. The molecule has 0 spiro atoms. The molecule has 0 saturated heterocycles. The molecule has 0 aliphatic rings. The molecule has 4 nitrogen and oxygen atoms in total. The normalized spacial score (nSPS) is 11.0. The number of benzene rings is 4. The first-order chi connectivity index (χ1) is 17.6. The van der Waals surface area contributed by atoms with Gasteiger partial charge in [-0.1, -0.05) is 60.7 Å². The topological polar surface area (TPSA) is 60.8 Å². The van der Waals surface area contributed by atoms with Gasteiger partial charge in [-0.05, 0) is 77.9 Å². The summed E-state index contributed by atoms with van der Waals surface area (Å²) in [6.45, 7) is 0. The van der Waals surface area contributed by atoms with Gasteiger partial charge in [0.2, 0.25) is 0 Å². The fourth-order valence-corrected chi connectivity index (χ4v) is 4.90. The Morgan fingerprint density at radius 2 is 1.31 bits per heavy atom. The van der Waals surface area contributed by atoms with Crippen LogP contribution in [0.4, 0.5) is 17.1 Å². The maximum Gasteiger partial charge on any atom is 0.339 e. The van der Waals surface area contributed by atoms with Gasteiger partial charge in [0, 0.05) is 26.8 Å². The molecule has 0 atom stereocenters. The zero-order valence-corrected chi connectivity index (χ0v) is 20.1. The number of aromatic carboxylic acids is 1. The van der Waals surface area contributed by atoms with Crippen LogP contribution in [-0.4, -0.2) is 16.2 Å².